The van der Waals surface area contributed by atoms with E-state index in [1.807, 2.05) is 0 Å². The molecule has 0 bridgehead atoms. The Morgan fingerprint density at radius 3 is 2.80 bits per heavy atom. The summed E-state index contributed by atoms with van der Waals surface area (Å²) < 4.78 is 10.2. The van der Waals surface area contributed by atoms with E-state index in [4.69, 9.17) is 9.47 Å². The van der Waals surface area contributed by atoms with Crippen LogP contribution in [0.15, 0.2) is 6.20 Å². The number of hydrogen-bond donors (Lipinski definition) is 2. The van der Waals surface area contributed by atoms with Crippen LogP contribution < -0.4 is 5.32 Å². The average Bonchev–Trinajstić information content (AvgIpc) is 2.81. The number of amides is 1. The van der Waals surface area contributed by atoms with Crippen molar-refractivity contribution in [3.8, 4) is 0 Å². The van der Waals surface area contributed by atoms with E-state index in [0.29, 0.717) is 49.6 Å². The zero-order valence-electron chi connectivity index (χ0n) is 11.8. The molecule has 0 atom stereocenters. The Hall–Kier alpha value is -1.82. The number of anilines is 1. The molecule has 0 aromatic carbocycles. The van der Waals surface area contributed by atoms with Gasteiger partial charge in [0.1, 0.15) is 5.56 Å². The third-order valence-electron chi connectivity index (χ3n) is 3.41. The predicted molar refractivity (Wildman–Crippen MR) is 73.7 cm³/mol. The van der Waals surface area contributed by atoms with E-state index in [0.717, 1.165) is 0 Å². The average molecular weight is 280 g/mol. The molecule has 1 aliphatic heterocycles. The Kier molecular flexibility index (Phi) is 4.79. The molecule has 6 heteroatoms. The van der Waals surface area contributed by atoms with Gasteiger partial charge in [0.25, 0.3) is 0 Å². The summed E-state index contributed by atoms with van der Waals surface area (Å²) in [5.41, 5.74) is 1.57. The highest BCUT2D eigenvalue weighted by Gasteiger charge is 2.24. The Morgan fingerprint density at radius 1 is 1.45 bits per heavy atom. The van der Waals surface area contributed by atoms with Gasteiger partial charge < -0.3 is 19.8 Å². The number of hydrogen-bond acceptors (Lipinski definition) is 4. The van der Waals surface area contributed by atoms with Crippen molar-refractivity contribution in [2.75, 3.05) is 25.1 Å². The smallest absolute Gasteiger partial charge is 0.342 e. The molecule has 2 heterocycles. The first-order chi connectivity index (χ1) is 9.63. The highest BCUT2D eigenvalue weighted by Crippen LogP contribution is 2.23. The molecule has 1 saturated heterocycles. The van der Waals surface area contributed by atoms with Crippen LogP contribution in [0, 0.1) is 12.8 Å². The zero-order valence-corrected chi connectivity index (χ0v) is 11.8. The van der Waals surface area contributed by atoms with Gasteiger partial charge in [-0.3, -0.25) is 4.79 Å². The van der Waals surface area contributed by atoms with Crippen molar-refractivity contribution >= 4 is 17.6 Å². The zero-order chi connectivity index (χ0) is 14.5. The van der Waals surface area contributed by atoms with E-state index < -0.39 is 5.97 Å². The third-order valence-corrected chi connectivity index (χ3v) is 3.41. The summed E-state index contributed by atoms with van der Waals surface area (Å²) >= 11 is 0. The van der Waals surface area contributed by atoms with Gasteiger partial charge in [-0.1, -0.05) is 0 Å². The van der Waals surface area contributed by atoms with E-state index in [1.165, 1.54) is 0 Å². The Balaban J connectivity index is 2.09. The fourth-order valence-corrected chi connectivity index (χ4v) is 2.29. The second-order valence-corrected chi connectivity index (χ2v) is 4.80. The SMILES string of the molecule is CCOC(=O)c1c(NC(=O)C2CCOCC2)c[nH]c1C. The number of carbonyl (C=O) groups excluding carboxylic acids is 2. The van der Waals surface area contributed by atoms with E-state index in [2.05, 4.69) is 10.3 Å². The topological polar surface area (TPSA) is 80.4 Å². The Morgan fingerprint density at radius 2 is 2.15 bits per heavy atom. The summed E-state index contributed by atoms with van der Waals surface area (Å²) in [5, 5.41) is 2.81. The summed E-state index contributed by atoms with van der Waals surface area (Å²) in [6, 6.07) is 0. The fourth-order valence-electron chi connectivity index (χ4n) is 2.29. The fraction of sp³-hybridized carbons (Fsp3) is 0.571. The molecule has 110 valence electrons. The van der Waals surface area contributed by atoms with Crippen LogP contribution in [0.25, 0.3) is 0 Å². The largest absolute Gasteiger partial charge is 0.462 e. The van der Waals surface area contributed by atoms with Crippen molar-refractivity contribution in [2.24, 2.45) is 5.92 Å². The molecule has 0 spiro atoms. The summed E-state index contributed by atoms with van der Waals surface area (Å²) in [5.74, 6) is -0.555. The number of aromatic nitrogens is 1. The summed E-state index contributed by atoms with van der Waals surface area (Å²) in [4.78, 5) is 27.0. The minimum Gasteiger partial charge on any atom is -0.462 e. The van der Waals surface area contributed by atoms with Crippen LogP contribution in [0.3, 0.4) is 0 Å². The van der Waals surface area contributed by atoms with Crippen LogP contribution in [0.2, 0.25) is 0 Å². The number of rotatable bonds is 4. The third kappa shape index (κ3) is 3.19. The van der Waals surface area contributed by atoms with E-state index in [9.17, 15) is 9.59 Å². The lowest BCUT2D eigenvalue weighted by Gasteiger charge is -2.21. The van der Waals surface area contributed by atoms with E-state index >= 15 is 0 Å². The minimum atomic E-state index is -0.423. The molecule has 2 N–H and O–H groups in total. The van der Waals surface area contributed by atoms with Gasteiger partial charge in [-0.25, -0.2) is 4.79 Å². The van der Waals surface area contributed by atoms with Crippen molar-refractivity contribution in [2.45, 2.75) is 26.7 Å². The normalized spacial score (nSPS) is 15.9. The molecule has 1 aliphatic rings. The first kappa shape index (κ1) is 14.6. The lowest BCUT2D eigenvalue weighted by molar-refractivity contribution is -0.122. The van der Waals surface area contributed by atoms with Gasteiger partial charge in [-0.2, -0.15) is 0 Å². The van der Waals surface area contributed by atoms with Crippen LogP contribution >= 0.6 is 0 Å². The molecule has 2 rings (SSSR count). The van der Waals surface area contributed by atoms with Crippen molar-refractivity contribution in [3.63, 3.8) is 0 Å². The van der Waals surface area contributed by atoms with Gasteiger partial charge in [0.05, 0.1) is 12.3 Å². The number of ether oxygens (including phenoxy) is 2. The lowest BCUT2D eigenvalue weighted by atomic mass is 9.99. The van der Waals surface area contributed by atoms with E-state index in [-0.39, 0.29) is 11.8 Å². The van der Waals surface area contributed by atoms with E-state index in [1.54, 1.807) is 20.0 Å². The number of aromatic amines is 1. The monoisotopic (exact) mass is 280 g/mol. The van der Waals surface area contributed by atoms with Crippen molar-refractivity contribution in [1.82, 2.24) is 4.98 Å². The van der Waals surface area contributed by atoms with Crippen LogP contribution in [0.5, 0.6) is 0 Å². The summed E-state index contributed by atoms with van der Waals surface area (Å²) in [7, 11) is 0. The number of aryl methyl sites for hydroxylation is 1. The molecular weight excluding hydrogens is 260 g/mol. The molecule has 0 unspecified atom stereocenters. The molecule has 0 aliphatic carbocycles. The lowest BCUT2D eigenvalue weighted by Crippen LogP contribution is -2.29. The molecule has 0 radical (unpaired) electrons. The Bertz CT molecular complexity index is 489. The standard InChI is InChI=1S/C14H20N2O4/c1-3-20-14(18)12-9(2)15-8-11(12)16-13(17)10-4-6-19-7-5-10/h8,10,15H,3-7H2,1-2H3,(H,16,17). The molecular formula is C14H20N2O4. The molecule has 1 aromatic heterocycles. The molecule has 6 nitrogen and oxygen atoms in total. The number of esters is 1. The van der Waals surface area contributed by atoms with Crippen LogP contribution in [-0.2, 0) is 14.3 Å². The van der Waals surface area contributed by atoms with Gasteiger partial charge in [-0.05, 0) is 26.7 Å². The quantitative estimate of drug-likeness (QED) is 0.825. The maximum atomic E-state index is 12.2. The molecule has 0 saturated carbocycles. The predicted octanol–water partition coefficient (Wildman–Crippen LogP) is 1.86. The van der Waals surface area contributed by atoms with Crippen molar-refractivity contribution in [3.05, 3.63) is 17.5 Å². The summed E-state index contributed by atoms with van der Waals surface area (Å²) in [6.07, 6.45) is 3.05. The highest BCUT2D eigenvalue weighted by atomic mass is 16.5. The molecule has 1 fully saturated rings. The molecule has 1 aromatic rings. The van der Waals surface area contributed by atoms with Crippen LogP contribution in [0.1, 0.15) is 35.8 Å². The highest BCUT2D eigenvalue weighted by molar-refractivity contribution is 6.02. The maximum Gasteiger partial charge on any atom is 0.342 e. The molecule has 20 heavy (non-hydrogen) atoms. The Labute approximate surface area is 117 Å². The van der Waals surface area contributed by atoms with Crippen LogP contribution in [0.4, 0.5) is 5.69 Å². The second-order valence-electron chi connectivity index (χ2n) is 4.80. The molecule has 1 amide bonds. The summed E-state index contributed by atoms with van der Waals surface area (Å²) in [6.45, 7) is 5.04. The van der Waals surface area contributed by atoms with Gasteiger partial charge in [-0.15, -0.1) is 0 Å². The first-order valence-corrected chi connectivity index (χ1v) is 6.87. The van der Waals surface area contributed by atoms with Crippen LogP contribution in [-0.4, -0.2) is 36.7 Å². The second kappa shape index (κ2) is 6.56. The van der Waals surface area contributed by atoms with Gasteiger partial charge >= 0.3 is 5.97 Å². The maximum absolute atomic E-state index is 12.2. The van der Waals surface area contributed by atoms with Gasteiger partial charge in [0, 0.05) is 31.0 Å². The number of H-pyrrole nitrogens is 1. The minimum absolute atomic E-state index is 0.0611. The van der Waals surface area contributed by atoms with Gasteiger partial charge in [0.2, 0.25) is 5.91 Å². The van der Waals surface area contributed by atoms with Crippen molar-refractivity contribution in [1.29, 1.82) is 0 Å². The van der Waals surface area contributed by atoms with Gasteiger partial charge in [0.15, 0.2) is 0 Å². The van der Waals surface area contributed by atoms with Crippen molar-refractivity contribution < 1.29 is 19.1 Å². The first-order valence-electron chi connectivity index (χ1n) is 6.87. The number of carbonyl (C=O) groups is 2. The number of nitrogens with one attached hydrogen (secondary N) is 2.